The number of nitrogens with one attached hydrogen (secondary N) is 4. The predicted molar refractivity (Wildman–Crippen MR) is 242 cm³/mol. The molecule has 0 aliphatic carbocycles. The number of benzene rings is 3. The number of carbonyl (C=O) groups is 5. The van der Waals surface area contributed by atoms with E-state index in [0.29, 0.717) is 40.7 Å². The summed E-state index contributed by atoms with van der Waals surface area (Å²) < 4.78 is 11.8. The van der Waals surface area contributed by atoms with Gasteiger partial charge in [-0.3, -0.25) is 24.0 Å². The maximum atomic E-state index is 14.6. The Morgan fingerprint density at radius 2 is 1.66 bits per heavy atom. The SMILES string of the molecule is CCCCCOc1ccc(-c2nc(C)c(C(=O)NC(CCN)C(=O)N(C)C3C(=O)NC(C)C(=O)NC(C(=O)NCC#N)Cc4ccc(OCCN)c(c4)-c4cc3ccc4O)c(C)n2)cc1. The van der Waals surface area contributed by atoms with E-state index in [4.69, 9.17) is 26.2 Å². The number of hydrogen-bond acceptors (Lipinski definition) is 13. The van der Waals surface area contributed by atoms with Crippen molar-refractivity contribution in [3.63, 3.8) is 0 Å². The lowest BCUT2D eigenvalue weighted by Crippen LogP contribution is -2.56. The molecular weight excluding hydrogens is 833 g/mol. The van der Waals surface area contributed by atoms with Crippen LogP contribution in [-0.2, 0) is 25.6 Å². The van der Waals surface area contributed by atoms with Crippen molar-refractivity contribution in [2.75, 3.05) is 39.9 Å². The molecular formula is C47H58N10O8. The number of phenolic OH excluding ortho intramolecular Hbond substituents is 1. The van der Waals surface area contributed by atoms with Crippen LogP contribution >= 0.6 is 0 Å². The molecule has 4 aromatic rings. The minimum atomic E-state index is -1.44. The Bertz CT molecular complexity index is 2380. The predicted octanol–water partition coefficient (Wildman–Crippen LogP) is 2.87. The van der Waals surface area contributed by atoms with Crippen LogP contribution in [0.25, 0.3) is 22.5 Å². The molecule has 9 N–H and O–H groups in total. The molecule has 1 aliphatic heterocycles. The van der Waals surface area contributed by atoms with Crippen LogP contribution in [0, 0.1) is 25.2 Å². The molecule has 4 atom stereocenters. The first-order valence-electron chi connectivity index (χ1n) is 21.6. The van der Waals surface area contributed by atoms with Crippen molar-refractivity contribution in [3.05, 3.63) is 88.7 Å². The molecule has 0 saturated heterocycles. The number of nitriles is 1. The molecule has 4 unspecified atom stereocenters. The van der Waals surface area contributed by atoms with Crippen molar-refractivity contribution < 1.29 is 38.6 Å². The number of aryl methyl sites for hydroxylation is 2. The van der Waals surface area contributed by atoms with E-state index in [2.05, 4.69) is 38.2 Å². The Balaban J connectivity index is 1.48. The number of unbranched alkanes of at least 4 members (excludes halogenated alkanes) is 2. The summed E-state index contributed by atoms with van der Waals surface area (Å²) in [6.45, 7) is 7.48. The Hall–Kier alpha value is -7.10. The van der Waals surface area contributed by atoms with Crippen LogP contribution in [0.3, 0.4) is 0 Å². The molecule has 4 bridgehead atoms. The van der Waals surface area contributed by atoms with Crippen LogP contribution in [0.1, 0.15) is 78.4 Å². The largest absolute Gasteiger partial charge is 0.507 e. The van der Waals surface area contributed by atoms with E-state index in [1.807, 2.05) is 30.3 Å². The Labute approximate surface area is 378 Å². The topological polar surface area (TPSA) is 277 Å². The molecule has 5 rings (SSSR count). The Kier molecular flexibility index (Phi) is 17.3. The van der Waals surface area contributed by atoms with E-state index in [1.54, 1.807) is 32.0 Å². The zero-order valence-corrected chi connectivity index (χ0v) is 37.4. The molecule has 344 valence electrons. The minimum Gasteiger partial charge on any atom is -0.507 e. The second-order valence-electron chi connectivity index (χ2n) is 15.7. The van der Waals surface area contributed by atoms with E-state index >= 15 is 0 Å². The number of carbonyl (C=O) groups excluding carboxylic acids is 5. The average molecular weight is 891 g/mol. The van der Waals surface area contributed by atoms with Gasteiger partial charge >= 0.3 is 0 Å². The summed E-state index contributed by atoms with van der Waals surface area (Å²) >= 11 is 0. The Morgan fingerprint density at radius 3 is 2.32 bits per heavy atom. The normalized spacial score (nSPS) is 16.4. The van der Waals surface area contributed by atoms with Crippen LogP contribution in [0.4, 0.5) is 0 Å². The maximum absolute atomic E-state index is 14.6. The summed E-state index contributed by atoms with van der Waals surface area (Å²) in [6, 6.07) is 13.5. The third-order valence-electron chi connectivity index (χ3n) is 10.9. The van der Waals surface area contributed by atoms with Gasteiger partial charge in [0.15, 0.2) is 5.82 Å². The molecule has 2 heterocycles. The van der Waals surface area contributed by atoms with Gasteiger partial charge in [-0.15, -0.1) is 0 Å². The van der Waals surface area contributed by atoms with Crippen molar-refractivity contribution in [2.45, 2.75) is 84.0 Å². The van der Waals surface area contributed by atoms with E-state index in [9.17, 15) is 29.1 Å². The van der Waals surface area contributed by atoms with Crippen molar-refractivity contribution in [1.82, 2.24) is 36.1 Å². The maximum Gasteiger partial charge on any atom is 0.255 e. The van der Waals surface area contributed by atoms with Crippen LogP contribution < -0.4 is 42.2 Å². The van der Waals surface area contributed by atoms with E-state index in [-0.39, 0.29) is 61.5 Å². The summed E-state index contributed by atoms with van der Waals surface area (Å²) in [4.78, 5) is 80.3. The highest BCUT2D eigenvalue weighted by Gasteiger charge is 2.36. The number of nitrogens with two attached hydrogens (primary N) is 2. The number of aromatic nitrogens is 2. The van der Waals surface area contributed by atoms with Gasteiger partial charge in [0.25, 0.3) is 5.91 Å². The van der Waals surface area contributed by atoms with Gasteiger partial charge in [-0.1, -0.05) is 31.9 Å². The van der Waals surface area contributed by atoms with Crippen molar-refractivity contribution in [3.8, 4) is 45.8 Å². The molecule has 1 aliphatic rings. The van der Waals surface area contributed by atoms with Gasteiger partial charge in [0.1, 0.15) is 54.6 Å². The molecule has 3 aromatic carbocycles. The fourth-order valence-electron chi connectivity index (χ4n) is 7.49. The molecule has 18 nitrogen and oxygen atoms in total. The molecule has 0 spiro atoms. The zero-order chi connectivity index (χ0) is 47.2. The summed E-state index contributed by atoms with van der Waals surface area (Å²) in [7, 11) is 1.38. The van der Waals surface area contributed by atoms with Gasteiger partial charge in [0, 0.05) is 36.7 Å². The molecule has 1 aromatic heterocycles. The number of aromatic hydroxyl groups is 1. The highest BCUT2D eigenvalue weighted by Crippen LogP contribution is 2.39. The fraction of sp³-hybridized carbons (Fsp3) is 0.404. The highest BCUT2D eigenvalue weighted by molar-refractivity contribution is 6.00. The highest BCUT2D eigenvalue weighted by atomic mass is 16.5. The summed E-state index contributed by atoms with van der Waals surface area (Å²) in [5, 5.41) is 31.0. The van der Waals surface area contributed by atoms with Crippen LogP contribution in [0.2, 0.25) is 0 Å². The number of fused-ring (bicyclic) bond motifs is 5. The van der Waals surface area contributed by atoms with Crippen molar-refractivity contribution in [2.24, 2.45) is 11.5 Å². The van der Waals surface area contributed by atoms with Crippen molar-refractivity contribution in [1.29, 1.82) is 5.26 Å². The third-order valence-corrected chi connectivity index (χ3v) is 10.9. The van der Waals surface area contributed by atoms with Gasteiger partial charge in [-0.05, 0) is 99.8 Å². The lowest BCUT2D eigenvalue weighted by atomic mass is 9.93. The fourth-order valence-corrected chi connectivity index (χ4v) is 7.49. The quantitative estimate of drug-likeness (QED) is 0.0594. The Morgan fingerprint density at radius 1 is 0.938 bits per heavy atom. The van der Waals surface area contributed by atoms with Crippen LogP contribution in [0.15, 0.2) is 60.7 Å². The third kappa shape index (κ3) is 12.3. The monoisotopic (exact) mass is 890 g/mol. The first-order chi connectivity index (χ1) is 31.2. The number of ether oxygens (including phenoxy) is 2. The van der Waals surface area contributed by atoms with Gasteiger partial charge in [0.05, 0.1) is 29.6 Å². The average Bonchev–Trinajstić information content (AvgIpc) is 3.28. The van der Waals surface area contributed by atoms with E-state index < -0.39 is 53.7 Å². The lowest BCUT2D eigenvalue weighted by molar-refractivity contribution is -0.141. The van der Waals surface area contributed by atoms with Crippen LogP contribution in [-0.4, -0.2) is 108 Å². The smallest absolute Gasteiger partial charge is 0.255 e. The first kappa shape index (κ1) is 48.9. The van der Waals surface area contributed by atoms with Gasteiger partial charge in [0.2, 0.25) is 23.6 Å². The van der Waals surface area contributed by atoms with Crippen LogP contribution in [0.5, 0.6) is 17.2 Å². The molecule has 0 radical (unpaired) electrons. The molecule has 5 amide bonds. The first-order valence-corrected chi connectivity index (χ1v) is 21.6. The lowest BCUT2D eigenvalue weighted by Gasteiger charge is -2.32. The zero-order valence-electron chi connectivity index (χ0n) is 37.4. The molecule has 0 fully saturated rings. The molecule has 0 saturated carbocycles. The number of likely N-dealkylation sites (N-methyl/N-ethyl adjacent to an activating group) is 1. The number of rotatable bonds is 17. The summed E-state index contributed by atoms with van der Waals surface area (Å²) in [5.41, 5.74) is 14.8. The van der Waals surface area contributed by atoms with Gasteiger partial charge in [-0.25, -0.2) is 9.97 Å². The standard InChI is InChI=1S/C47H58N10O8/c1-6-7-8-22-64-33-13-10-31(11-14-33)42-52-27(2)40(28(3)53-42)45(61)55-36(17-18-48)47(63)57(5)41-32-12-15-38(58)34(26-32)35-24-30(9-16-39(35)65-23-20-50)25-37(44(60)51-21-19-49)56-43(59)29(4)54-46(41)62/h9-16,24,26,29,36-37,41,58H,6-8,17-18,20-23,25,48,50H2,1-5H3,(H,51,60)(H,54,62)(H,55,61)(H,56,59). The van der Waals surface area contributed by atoms with Gasteiger partial charge < -0.3 is 52.2 Å². The number of hydrogen-bond donors (Lipinski definition) is 7. The second-order valence-corrected chi connectivity index (χ2v) is 15.7. The number of amides is 5. The van der Waals surface area contributed by atoms with E-state index in [1.165, 1.54) is 32.2 Å². The second kappa shape index (κ2) is 23.0. The molecule has 65 heavy (non-hydrogen) atoms. The summed E-state index contributed by atoms with van der Waals surface area (Å²) in [6.07, 6.45) is 3.10. The van der Waals surface area contributed by atoms with E-state index in [0.717, 1.165) is 35.5 Å². The van der Waals surface area contributed by atoms with Gasteiger partial charge in [-0.2, -0.15) is 5.26 Å². The number of nitrogens with zero attached hydrogens (tertiary/aromatic N) is 4. The van der Waals surface area contributed by atoms with Crippen molar-refractivity contribution >= 4 is 29.5 Å². The molecule has 18 heteroatoms. The minimum absolute atomic E-state index is 0.0152. The number of phenols is 1. The summed E-state index contributed by atoms with van der Waals surface area (Å²) in [5.74, 6) is -2.21.